The molecule has 2 aromatic carbocycles. The van der Waals surface area contributed by atoms with Crippen LogP contribution in [-0.4, -0.2) is 36.0 Å². The number of amides is 2. The van der Waals surface area contributed by atoms with Crippen LogP contribution in [-0.2, 0) is 16.0 Å². The summed E-state index contributed by atoms with van der Waals surface area (Å²) in [6.45, 7) is 6.81. The highest BCUT2D eigenvalue weighted by atomic mass is 35.5. The first kappa shape index (κ1) is 22.6. The van der Waals surface area contributed by atoms with E-state index in [2.05, 4.69) is 24.4 Å². The van der Waals surface area contributed by atoms with Crippen LogP contribution >= 0.6 is 11.6 Å². The van der Waals surface area contributed by atoms with Gasteiger partial charge in [0, 0.05) is 25.4 Å². The fourth-order valence-corrected chi connectivity index (χ4v) is 3.49. The molecule has 154 valence electrons. The van der Waals surface area contributed by atoms with Gasteiger partial charge < -0.3 is 10.4 Å². The van der Waals surface area contributed by atoms with Crippen molar-refractivity contribution in [1.82, 2.24) is 5.32 Å². The number of hydrogen-bond acceptors (Lipinski definition) is 4. The van der Waals surface area contributed by atoms with E-state index in [1.807, 2.05) is 6.07 Å². The van der Waals surface area contributed by atoms with E-state index in [0.717, 1.165) is 29.4 Å². The number of carboxylic acids is 1. The zero-order valence-corrected chi connectivity index (χ0v) is 17.5. The van der Waals surface area contributed by atoms with Gasteiger partial charge in [0.1, 0.15) is 0 Å². The number of rotatable bonds is 2. The first-order chi connectivity index (χ1) is 13.7. The minimum absolute atomic E-state index is 0.0760. The SMILES string of the molecule is CC(=O)N(C(C)=O)c1ccccc1C(=O)O.C[C@H]1CNCCc2ccc(Cl)cc21. The number of hydrogen-bond donors (Lipinski definition) is 2. The van der Waals surface area contributed by atoms with Crippen LogP contribution in [0.25, 0.3) is 0 Å². The fourth-order valence-electron chi connectivity index (χ4n) is 3.31. The lowest BCUT2D eigenvalue weighted by molar-refractivity contribution is -0.124. The van der Waals surface area contributed by atoms with Gasteiger partial charge in [-0.2, -0.15) is 0 Å². The molecule has 7 heteroatoms. The normalized spacial score (nSPS) is 15.2. The maximum absolute atomic E-state index is 11.3. The molecule has 29 heavy (non-hydrogen) atoms. The molecular weight excluding hydrogens is 392 g/mol. The number of para-hydroxylation sites is 1. The van der Waals surface area contributed by atoms with Crippen LogP contribution in [0.1, 0.15) is 48.2 Å². The summed E-state index contributed by atoms with van der Waals surface area (Å²) in [6.07, 6.45) is 1.12. The van der Waals surface area contributed by atoms with Crippen LogP contribution in [0.15, 0.2) is 42.5 Å². The second-order valence-electron chi connectivity index (χ2n) is 6.89. The number of carbonyl (C=O) groups excluding carboxylic acids is 2. The van der Waals surface area contributed by atoms with Gasteiger partial charge in [0.15, 0.2) is 0 Å². The summed E-state index contributed by atoms with van der Waals surface area (Å²) in [5.74, 6) is -1.62. The molecule has 0 fully saturated rings. The van der Waals surface area contributed by atoms with Gasteiger partial charge in [-0.1, -0.05) is 36.7 Å². The highest BCUT2D eigenvalue weighted by Crippen LogP contribution is 2.25. The van der Waals surface area contributed by atoms with Crippen molar-refractivity contribution >= 4 is 35.1 Å². The van der Waals surface area contributed by atoms with Crippen LogP contribution in [0.4, 0.5) is 5.69 Å². The molecule has 0 unspecified atom stereocenters. The molecule has 0 radical (unpaired) electrons. The number of nitrogens with one attached hydrogen (secondary N) is 1. The number of carboxylic acid groups (broad SMARTS) is 1. The third kappa shape index (κ3) is 5.89. The van der Waals surface area contributed by atoms with Gasteiger partial charge in [0.25, 0.3) is 0 Å². The van der Waals surface area contributed by atoms with E-state index in [1.54, 1.807) is 6.07 Å². The van der Waals surface area contributed by atoms with Crippen molar-refractivity contribution in [2.45, 2.75) is 33.1 Å². The third-order valence-corrected chi connectivity index (χ3v) is 4.90. The largest absolute Gasteiger partial charge is 0.478 e. The molecule has 1 aliphatic heterocycles. The molecule has 0 spiro atoms. The number of anilines is 1. The van der Waals surface area contributed by atoms with E-state index < -0.39 is 17.8 Å². The number of halogens is 1. The maximum Gasteiger partial charge on any atom is 0.337 e. The summed E-state index contributed by atoms with van der Waals surface area (Å²) in [5.41, 5.74) is 2.88. The number of imide groups is 1. The van der Waals surface area contributed by atoms with Crippen LogP contribution in [0.3, 0.4) is 0 Å². The van der Waals surface area contributed by atoms with Crippen molar-refractivity contribution < 1.29 is 19.5 Å². The van der Waals surface area contributed by atoms with Gasteiger partial charge >= 0.3 is 5.97 Å². The molecule has 0 saturated heterocycles. The smallest absolute Gasteiger partial charge is 0.337 e. The first-order valence-corrected chi connectivity index (χ1v) is 9.72. The van der Waals surface area contributed by atoms with E-state index in [9.17, 15) is 14.4 Å². The van der Waals surface area contributed by atoms with E-state index in [1.165, 1.54) is 43.2 Å². The maximum atomic E-state index is 11.3. The lowest BCUT2D eigenvalue weighted by atomic mass is 9.96. The van der Waals surface area contributed by atoms with Gasteiger partial charge in [0.05, 0.1) is 11.3 Å². The van der Waals surface area contributed by atoms with Crippen LogP contribution in [0.2, 0.25) is 5.02 Å². The molecule has 2 N–H and O–H groups in total. The fraction of sp³-hybridized carbons (Fsp3) is 0.318. The minimum atomic E-state index is -1.18. The van der Waals surface area contributed by atoms with Gasteiger partial charge in [-0.15, -0.1) is 0 Å². The Labute approximate surface area is 175 Å². The lowest BCUT2D eigenvalue weighted by Gasteiger charge is -2.18. The van der Waals surface area contributed by atoms with Crippen molar-refractivity contribution in [2.24, 2.45) is 0 Å². The van der Waals surface area contributed by atoms with E-state index in [-0.39, 0.29) is 11.3 Å². The summed E-state index contributed by atoms with van der Waals surface area (Å²) in [4.78, 5) is 34.3. The molecule has 1 aliphatic rings. The molecule has 1 atom stereocenters. The summed E-state index contributed by atoms with van der Waals surface area (Å²) in [6, 6.07) is 12.1. The molecule has 0 aromatic heterocycles. The van der Waals surface area contributed by atoms with Gasteiger partial charge in [0.2, 0.25) is 11.8 Å². The molecule has 0 aliphatic carbocycles. The predicted molar refractivity (Wildman–Crippen MR) is 114 cm³/mol. The Morgan fingerprint density at radius 3 is 2.38 bits per heavy atom. The van der Waals surface area contributed by atoms with Crippen LogP contribution < -0.4 is 10.2 Å². The highest BCUT2D eigenvalue weighted by Gasteiger charge is 2.21. The second kappa shape index (κ2) is 10.2. The van der Waals surface area contributed by atoms with Crippen molar-refractivity contribution in [1.29, 1.82) is 0 Å². The lowest BCUT2D eigenvalue weighted by Crippen LogP contribution is -2.34. The van der Waals surface area contributed by atoms with E-state index in [0.29, 0.717) is 5.92 Å². The Bertz CT molecular complexity index is 899. The Morgan fingerprint density at radius 1 is 1.10 bits per heavy atom. The minimum Gasteiger partial charge on any atom is -0.478 e. The highest BCUT2D eigenvalue weighted by molar-refractivity contribution is 6.30. The predicted octanol–water partition coefficient (Wildman–Crippen LogP) is 3.87. The Morgan fingerprint density at radius 2 is 1.76 bits per heavy atom. The summed E-state index contributed by atoms with van der Waals surface area (Å²) >= 11 is 5.97. The second-order valence-corrected chi connectivity index (χ2v) is 7.33. The average molecular weight is 417 g/mol. The van der Waals surface area contributed by atoms with Gasteiger partial charge in [-0.05, 0) is 54.3 Å². The Kier molecular flexibility index (Phi) is 7.93. The Hall–Kier alpha value is -2.70. The van der Waals surface area contributed by atoms with Gasteiger partial charge in [-0.3, -0.25) is 14.5 Å². The number of fused-ring (bicyclic) bond motifs is 1. The van der Waals surface area contributed by atoms with Crippen LogP contribution in [0.5, 0.6) is 0 Å². The molecule has 0 saturated carbocycles. The topological polar surface area (TPSA) is 86.7 Å². The summed E-state index contributed by atoms with van der Waals surface area (Å²) in [7, 11) is 0. The summed E-state index contributed by atoms with van der Waals surface area (Å²) < 4.78 is 0. The molecule has 0 bridgehead atoms. The number of aromatic carboxylic acids is 1. The molecule has 6 nitrogen and oxygen atoms in total. The zero-order chi connectivity index (χ0) is 21.6. The zero-order valence-electron chi connectivity index (χ0n) is 16.7. The van der Waals surface area contributed by atoms with E-state index in [4.69, 9.17) is 16.7 Å². The monoisotopic (exact) mass is 416 g/mol. The van der Waals surface area contributed by atoms with Crippen molar-refractivity contribution in [3.63, 3.8) is 0 Å². The molecule has 1 heterocycles. The average Bonchev–Trinajstić information content (AvgIpc) is 2.83. The first-order valence-electron chi connectivity index (χ1n) is 9.35. The molecule has 3 rings (SSSR count). The van der Waals surface area contributed by atoms with Crippen molar-refractivity contribution in [3.8, 4) is 0 Å². The van der Waals surface area contributed by atoms with Crippen molar-refractivity contribution in [3.05, 3.63) is 64.2 Å². The summed E-state index contributed by atoms with van der Waals surface area (Å²) in [5, 5.41) is 13.2. The number of benzene rings is 2. The third-order valence-electron chi connectivity index (χ3n) is 4.67. The number of nitrogens with zero attached hydrogens (tertiary/aromatic N) is 1. The Balaban J connectivity index is 0.000000211. The molecular formula is C22H25ClN2O4. The van der Waals surface area contributed by atoms with Crippen LogP contribution in [0, 0.1) is 0 Å². The quantitative estimate of drug-likeness (QED) is 0.775. The molecule has 2 amide bonds. The number of carbonyl (C=O) groups is 3. The standard InChI is InChI=1S/C11H14ClN.C11H11NO4/c1-8-7-13-5-4-9-2-3-10(12)6-11(8)9;1-7(13)12(8(2)14)10-6-4-3-5-9(10)11(15)16/h2-3,6,8,13H,4-5,7H2,1H3;3-6H,1-2H3,(H,15,16)/t8-;/m0./s1. The van der Waals surface area contributed by atoms with Gasteiger partial charge in [-0.25, -0.2) is 4.79 Å². The van der Waals surface area contributed by atoms with E-state index >= 15 is 0 Å². The molecule has 2 aromatic rings. The van der Waals surface area contributed by atoms with Crippen molar-refractivity contribution in [2.75, 3.05) is 18.0 Å².